The molecule has 0 saturated carbocycles. The Kier molecular flexibility index (Phi) is 1.69. The molecular weight excluding hydrogens is 138 g/mol. The second-order valence-corrected chi connectivity index (χ2v) is 2.65. The summed E-state index contributed by atoms with van der Waals surface area (Å²) < 4.78 is 7.04. The molecule has 1 saturated heterocycles. The lowest BCUT2D eigenvalue weighted by atomic mass is 10.2. The molecule has 9 heavy (non-hydrogen) atoms. The van der Waals surface area contributed by atoms with E-state index < -0.39 is 0 Å². The minimum atomic E-state index is -0.315. The second-order valence-electron chi connectivity index (χ2n) is 2.27. The summed E-state index contributed by atoms with van der Waals surface area (Å²) in [4.78, 5) is 12.4. The van der Waals surface area contributed by atoms with E-state index in [4.69, 9.17) is 13.0 Å². The average Bonchev–Trinajstić information content (AvgIpc) is 2.33. The van der Waals surface area contributed by atoms with Gasteiger partial charge in [-0.05, 0) is 38.0 Å². The fourth-order valence-corrected chi connectivity index (χ4v) is 1.33. The molecule has 3 heteroatoms. The number of carbonyl (C=O) groups excluding carboxylic acids is 1. The molecule has 0 aromatic heterocycles. The van der Waals surface area contributed by atoms with Gasteiger partial charge in [-0.2, -0.15) is 0 Å². The first kappa shape index (κ1) is 5.69. The number of likely N-dealkylation sites (N-methyl/N-ethyl adjacent to an activating group) is 1. The molecule has 52 valence electrons. The Bertz CT molecular complexity index is 142. The third kappa shape index (κ3) is 1.43. The van der Waals surface area contributed by atoms with E-state index in [9.17, 15) is 4.79 Å². The maximum atomic E-state index is 10.7. The van der Waals surface area contributed by atoms with Crippen LogP contribution in [0.15, 0.2) is 0 Å². The normalized spacial score (nSPS) is 30.3. The lowest BCUT2D eigenvalue weighted by Gasteiger charge is -2.13. The van der Waals surface area contributed by atoms with Gasteiger partial charge in [0.2, 0.25) is 5.24 Å². The third-order valence-electron chi connectivity index (χ3n) is 1.63. The third-order valence-corrected chi connectivity index (χ3v) is 1.88. The first-order chi connectivity index (χ1) is 4.75. The zero-order valence-corrected chi connectivity index (χ0v) is 5.90. The van der Waals surface area contributed by atoms with Crippen molar-refractivity contribution in [3.63, 3.8) is 0 Å². The van der Waals surface area contributed by atoms with Crippen LogP contribution in [0.4, 0.5) is 0 Å². The zero-order valence-electron chi connectivity index (χ0n) is 6.14. The van der Waals surface area contributed by atoms with Gasteiger partial charge in [-0.25, -0.2) is 0 Å². The highest BCUT2D eigenvalue weighted by atomic mass is 35.5. The van der Waals surface area contributed by atoms with Crippen LogP contribution < -0.4 is 0 Å². The molecular formula is C6H10ClNO. The van der Waals surface area contributed by atoms with Crippen LogP contribution in [0.3, 0.4) is 0 Å². The van der Waals surface area contributed by atoms with Crippen LogP contribution in [0.5, 0.6) is 0 Å². The Hall–Kier alpha value is -0.0800. The lowest BCUT2D eigenvalue weighted by Crippen LogP contribution is -2.29. The molecule has 0 radical (unpaired) electrons. The highest BCUT2D eigenvalue weighted by Gasteiger charge is 2.25. The minimum Gasteiger partial charge on any atom is -0.296 e. The number of likely N-dealkylation sites (tertiary alicyclic amines) is 1. The summed E-state index contributed by atoms with van der Waals surface area (Å²) in [6.45, 7) is 0.840. The van der Waals surface area contributed by atoms with Gasteiger partial charge >= 0.3 is 0 Å². The van der Waals surface area contributed by atoms with Crippen molar-refractivity contribution in [2.45, 2.75) is 18.9 Å². The maximum Gasteiger partial charge on any atom is 0.238 e. The van der Waals surface area contributed by atoms with Crippen molar-refractivity contribution in [3.8, 4) is 0 Å². The van der Waals surface area contributed by atoms with Crippen molar-refractivity contribution >= 4 is 16.8 Å². The SMILES string of the molecule is [2H]CN1CCC[C@H]1C(=O)Cl. The van der Waals surface area contributed by atoms with Gasteiger partial charge in [0.05, 0.1) is 6.04 Å². The molecule has 2 nitrogen and oxygen atoms in total. The van der Waals surface area contributed by atoms with Crippen LogP contribution in [-0.2, 0) is 4.79 Å². The summed E-state index contributed by atoms with van der Waals surface area (Å²) in [5, 5.41) is -0.315. The summed E-state index contributed by atoms with van der Waals surface area (Å²) in [5.74, 6) is 0. The van der Waals surface area contributed by atoms with Crippen molar-refractivity contribution in [1.82, 2.24) is 4.90 Å². The standard InChI is InChI=1S/C6H10ClNO/c1-8-4-2-3-5(8)6(7)9/h5H,2-4H2,1H3/t5-/m0/s1/i1D. The molecule has 0 spiro atoms. The van der Waals surface area contributed by atoms with E-state index >= 15 is 0 Å². The van der Waals surface area contributed by atoms with Gasteiger partial charge < -0.3 is 0 Å². The quantitative estimate of drug-likeness (QED) is 0.514. The number of hydrogen-bond donors (Lipinski definition) is 0. The van der Waals surface area contributed by atoms with E-state index in [1.54, 1.807) is 4.90 Å². The Morgan fingerprint density at radius 2 is 2.78 bits per heavy atom. The molecule has 1 fully saturated rings. The molecule has 0 bridgehead atoms. The van der Waals surface area contributed by atoms with Gasteiger partial charge in [0, 0.05) is 1.37 Å². The van der Waals surface area contributed by atoms with E-state index in [-0.39, 0.29) is 18.3 Å². The number of rotatable bonds is 1. The number of hydrogen-bond acceptors (Lipinski definition) is 2. The molecule has 1 aliphatic rings. The predicted octanol–water partition coefficient (Wildman–Crippen LogP) is 0.846. The summed E-state index contributed by atoms with van der Waals surface area (Å²) in [6, 6.07) is -0.181. The highest BCUT2D eigenvalue weighted by molar-refractivity contribution is 6.64. The molecule has 0 amide bonds. The van der Waals surface area contributed by atoms with Crippen LogP contribution in [0.2, 0.25) is 0 Å². The summed E-state index contributed by atoms with van der Waals surface area (Å²) in [5.41, 5.74) is 0. The van der Waals surface area contributed by atoms with Gasteiger partial charge in [0.25, 0.3) is 0 Å². The molecule has 0 unspecified atom stereocenters. The number of carbonyl (C=O) groups is 1. The zero-order chi connectivity index (χ0) is 7.56. The van der Waals surface area contributed by atoms with E-state index in [0.717, 1.165) is 19.4 Å². The molecule has 1 aliphatic heterocycles. The van der Waals surface area contributed by atoms with Crippen LogP contribution in [-0.4, -0.2) is 29.8 Å². The second kappa shape index (κ2) is 2.67. The van der Waals surface area contributed by atoms with Crippen molar-refractivity contribution in [2.24, 2.45) is 0 Å². The number of halogens is 1. The first-order valence-electron chi connectivity index (χ1n) is 3.69. The van der Waals surface area contributed by atoms with E-state index in [2.05, 4.69) is 0 Å². The maximum absolute atomic E-state index is 10.7. The van der Waals surface area contributed by atoms with Gasteiger partial charge in [0.1, 0.15) is 0 Å². The summed E-state index contributed by atoms with van der Waals surface area (Å²) >= 11 is 5.29. The van der Waals surface area contributed by atoms with Crippen molar-refractivity contribution in [2.75, 3.05) is 13.6 Å². The van der Waals surface area contributed by atoms with Crippen molar-refractivity contribution in [1.29, 1.82) is 0 Å². The topological polar surface area (TPSA) is 20.3 Å². The monoisotopic (exact) mass is 148 g/mol. The average molecular weight is 149 g/mol. The van der Waals surface area contributed by atoms with Crippen LogP contribution >= 0.6 is 11.6 Å². The van der Waals surface area contributed by atoms with E-state index in [1.165, 1.54) is 0 Å². The van der Waals surface area contributed by atoms with E-state index in [0.29, 0.717) is 0 Å². The van der Waals surface area contributed by atoms with Crippen LogP contribution in [0.1, 0.15) is 14.2 Å². The molecule has 0 aliphatic carbocycles. The largest absolute Gasteiger partial charge is 0.296 e. The smallest absolute Gasteiger partial charge is 0.238 e. The Morgan fingerprint density at radius 3 is 3.22 bits per heavy atom. The lowest BCUT2D eigenvalue weighted by molar-refractivity contribution is -0.115. The predicted molar refractivity (Wildman–Crippen MR) is 36.5 cm³/mol. The highest BCUT2D eigenvalue weighted by Crippen LogP contribution is 2.16. The van der Waals surface area contributed by atoms with Gasteiger partial charge in [-0.15, -0.1) is 0 Å². The Balaban J connectivity index is 2.50. The summed E-state index contributed by atoms with van der Waals surface area (Å²) in [6.07, 6.45) is 1.81. The Morgan fingerprint density at radius 1 is 2.00 bits per heavy atom. The van der Waals surface area contributed by atoms with Crippen LogP contribution in [0, 0.1) is 0 Å². The molecule has 0 N–H and O–H groups in total. The van der Waals surface area contributed by atoms with Crippen LogP contribution in [0.25, 0.3) is 0 Å². The van der Waals surface area contributed by atoms with Gasteiger partial charge in [-0.3, -0.25) is 9.69 Å². The van der Waals surface area contributed by atoms with Gasteiger partial charge in [-0.1, -0.05) is 0 Å². The van der Waals surface area contributed by atoms with Gasteiger partial charge in [0.15, 0.2) is 0 Å². The number of nitrogens with zero attached hydrogens (tertiary/aromatic N) is 1. The Labute approximate surface area is 61.2 Å². The van der Waals surface area contributed by atoms with Crippen molar-refractivity contribution < 1.29 is 6.17 Å². The molecule has 0 aromatic carbocycles. The fraction of sp³-hybridized carbons (Fsp3) is 0.833. The molecule has 1 heterocycles. The molecule has 1 rings (SSSR count). The first-order valence-corrected chi connectivity index (χ1v) is 3.36. The van der Waals surface area contributed by atoms with Crippen molar-refractivity contribution in [3.05, 3.63) is 0 Å². The molecule has 0 aromatic rings. The minimum absolute atomic E-state index is 0.181. The summed E-state index contributed by atoms with van der Waals surface area (Å²) in [7, 11) is 0.184. The van der Waals surface area contributed by atoms with E-state index in [1.807, 2.05) is 0 Å². The molecule has 1 atom stereocenters. The fourth-order valence-electron chi connectivity index (χ4n) is 1.08.